The molecule has 1 aromatic carbocycles. The molecule has 0 fully saturated rings. The highest BCUT2D eigenvalue weighted by atomic mass is 16.5. The van der Waals surface area contributed by atoms with Crippen LogP contribution in [0, 0.1) is 6.92 Å². The van der Waals surface area contributed by atoms with E-state index in [0.717, 1.165) is 0 Å². The number of benzene rings is 1. The van der Waals surface area contributed by atoms with E-state index >= 15 is 0 Å². The molecule has 126 valence electrons. The Bertz CT molecular complexity index is 803. The third-order valence-corrected chi connectivity index (χ3v) is 3.16. The van der Waals surface area contributed by atoms with Crippen LogP contribution in [-0.4, -0.2) is 29.2 Å². The Morgan fingerprint density at radius 1 is 1.33 bits per heavy atom. The molecule has 0 spiro atoms. The van der Waals surface area contributed by atoms with Crippen LogP contribution in [-0.2, 0) is 0 Å². The van der Waals surface area contributed by atoms with E-state index in [0.29, 0.717) is 24.3 Å². The van der Waals surface area contributed by atoms with Gasteiger partial charge in [0.15, 0.2) is 5.78 Å². The molecule has 0 aliphatic heterocycles. The minimum absolute atomic E-state index is 0.0523. The summed E-state index contributed by atoms with van der Waals surface area (Å²) in [5.74, 6) is -0.214. The Labute approximate surface area is 138 Å². The van der Waals surface area contributed by atoms with Crippen LogP contribution in [0.2, 0.25) is 0 Å². The van der Waals surface area contributed by atoms with Gasteiger partial charge >= 0.3 is 5.63 Å². The standard InChI is InChI=1S/C18H18O6/c1-12-10-16(21)17(18(22)24-12)15(20)7-6-13-4-2-5-14(11-13)23-9-3-8-19/h2,4-7,10-11,19,21H,3,8-9H2,1H3. The van der Waals surface area contributed by atoms with Crippen molar-refractivity contribution in [2.24, 2.45) is 0 Å². The Hall–Kier alpha value is -2.86. The van der Waals surface area contributed by atoms with Gasteiger partial charge < -0.3 is 19.4 Å². The van der Waals surface area contributed by atoms with E-state index in [9.17, 15) is 14.7 Å². The van der Waals surface area contributed by atoms with Crippen LogP contribution in [0.3, 0.4) is 0 Å². The van der Waals surface area contributed by atoms with Gasteiger partial charge in [-0.25, -0.2) is 4.79 Å². The summed E-state index contributed by atoms with van der Waals surface area (Å²) in [6.45, 7) is 1.95. The molecule has 0 aliphatic carbocycles. The summed E-state index contributed by atoms with van der Waals surface area (Å²) in [4.78, 5) is 23.8. The third-order valence-electron chi connectivity index (χ3n) is 3.16. The van der Waals surface area contributed by atoms with Crippen molar-refractivity contribution in [3.8, 4) is 11.5 Å². The molecule has 0 saturated carbocycles. The molecule has 0 aliphatic rings. The zero-order valence-electron chi connectivity index (χ0n) is 13.2. The number of aromatic hydroxyl groups is 1. The predicted molar refractivity (Wildman–Crippen MR) is 88.4 cm³/mol. The van der Waals surface area contributed by atoms with Gasteiger partial charge in [0.1, 0.15) is 22.8 Å². The fourth-order valence-electron chi connectivity index (χ4n) is 2.04. The lowest BCUT2D eigenvalue weighted by Crippen LogP contribution is -2.12. The van der Waals surface area contributed by atoms with Crippen molar-refractivity contribution in [1.29, 1.82) is 0 Å². The molecule has 0 radical (unpaired) electrons. The number of hydrogen-bond acceptors (Lipinski definition) is 6. The van der Waals surface area contributed by atoms with E-state index in [1.807, 2.05) is 0 Å². The summed E-state index contributed by atoms with van der Waals surface area (Å²) in [6, 6.07) is 8.23. The van der Waals surface area contributed by atoms with E-state index in [1.165, 1.54) is 25.1 Å². The normalized spacial score (nSPS) is 10.9. The first-order chi connectivity index (χ1) is 11.5. The number of ketones is 1. The number of hydrogen-bond donors (Lipinski definition) is 2. The lowest BCUT2D eigenvalue weighted by Gasteiger charge is -2.05. The Morgan fingerprint density at radius 3 is 2.83 bits per heavy atom. The van der Waals surface area contributed by atoms with Gasteiger partial charge in [0, 0.05) is 19.1 Å². The van der Waals surface area contributed by atoms with Crippen molar-refractivity contribution in [1.82, 2.24) is 0 Å². The lowest BCUT2D eigenvalue weighted by molar-refractivity contribution is 0.104. The average Bonchev–Trinajstić information content (AvgIpc) is 2.52. The number of ether oxygens (including phenoxy) is 1. The molecule has 24 heavy (non-hydrogen) atoms. The van der Waals surface area contributed by atoms with Crippen LogP contribution >= 0.6 is 0 Å². The van der Waals surface area contributed by atoms with E-state index in [2.05, 4.69) is 0 Å². The first-order valence-corrected chi connectivity index (χ1v) is 7.41. The molecule has 0 amide bonds. The first-order valence-electron chi connectivity index (χ1n) is 7.41. The summed E-state index contributed by atoms with van der Waals surface area (Å²) in [5.41, 5.74) is -0.573. The topological polar surface area (TPSA) is 97.0 Å². The first kappa shape index (κ1) is 17.5. The van der Waals surface area contributed by atoms with Gasteiger partial charge in [-0.1, -0.05) is 18.2 Å². The van der Waals surface area contributed by atoms with E-state index < -0.39 is 22.7 Å². The quantitative estimate of drug-likeness (QED) is 0.459. The van der Waals surface area contributed by atoms with Crippen LogP contribution in [0.25, 0.3) is 6.08 Å². The van der Waals surface area contributed by atoms with Crippen molar-refractivity contribution in [2.75, 3.05) is 13.2 Å². The summed E-state index contributed by atoms with van der Waals surface area (Å²) >= 11 is 0. The molecule has 6 nitrogen and oxygen atoms in total. The number of aliphatic hydroxyl groups is 1. The van der Waals surface area contributed by atoms with Crippen LogP contribution in [0.5, 0.6) is 11.5 Å². The molecule has 1 heterocycles. The van der Waals surface area contributed by atoms with Gasteiger partial charge in [-0.15, -0.1) is 0 Å². The maximum atomic E-state index is 12.1. The molecule has 0 bridgehead atoms. The van der Waals surface area contributed by atoms with Crippen molar-refractivity contribution in [2.45, 2.75) is 13.3 Å². The second kappa shape index (κ2) is 8.12. The minimum atomic E-state index is -0.872. The summed E-state index contributed by atoms with van der Waals surface area (Å²) < 4.78 is 10.3. The molecule has 0 unspecified atom stereocenters. The maximum absolute atomic E-state index is 12.1. The Morgan fingerprint density at radius 2 is 2.12 bits per heavy atom. The maximum Gasteiger partial charge on any atom is 0.351 e. The Balaban J connectivity index is 2.15. The summed E-state index contributed by atoms with van der Waals surface area (Å²) in [7, 11) is 0. The van der Waals surface area contributed by atoms with Gasteiger partial charge in [-0.2, -0.15) is 0 Å². The fraction of sp³-hybridized carbons (Fsp3) is 0.222. The van der Waals surface area contributed by atoms with E-state index in [1.54, 1.807) is 24.3 Å². The lowest BCUT2D eigenvalue weighted by atomic mass is 10.1. The zero-order valence-corrected chi connectivity index (χ0v) is 13.2. The monoisotopic (exact) mass is 330 g/mol. The van der Waals surface area contributed by atoms with Crippen LogP contribution in [0.4, 0.5) is 0 Å². The van der Waals surface area contributed by atoms with Gasteiger partial charge in [-0.3, -0.25) is 4.79 Å². The number of carbonyl (C=O) groups excluding carboxylic acids is 1. The molecule has 2 N–H and O–H groups in total. The van der Waals surface area contributed by atoms with Gasteiger partial charge in [0.05, 0.1) is 6.61 Å². The van der Waals surface area contributed by atoms with Gasteiger partial charge in [-0.05, 0) is 30.7 Å². The smallest absolute Gasteiger partial charge is 0.351 e. The molecular formula is C18H18O6. The number of aryl methyl sites for hydroxylation is 1. The molecule has 2 aromatic rings. The molecule has 6 heteroatoms. The number of aliphatic hydroxyl groups excluding tert-OH is 1. The van der Waals surface area contributed by atoms with Crippen LogP contribution in [0.1, 0.15) is 28.1 Å². The number of rotatable bonds is 7. The average molecular weight is 330 g/mol. The van der Waals surface area contributed by atoms with Crippen molar-refractivity contribution in [3.63, 3.8) is 0 Å². The van der Waals surface area contributed by atoms with Crippen LogP contribution in [0.15, 0.2) is 45.6 Å². The van der Waals surface area contributed by atoms with Crippen molar-refractivity contribution in [3.05, 3.63) is 63.7 Å². The number of carbonyl (C=O) groups is 1. The molecule has 0 atom stereocenters. The van der Waals surface area contributed by atoms with Gasteiger partial charge in [0.2, 0.25) is 0 Å². The largest absolute Gasteiger partial charge is 0.507 e. The van der Waals surface area contributed by atoms with Crippen molar-refractivity contribution >= 4 is 11.9 Å². The molecule has 0 saturated heterocycles. The van der Waals surface area contributed by atoms with Crippen LogP contribution < -0.4 is 10.4 Å². The minimum Gasteiger partial charge on any atom is -0.507 e. The second-order valence-corrected chi connectivity index (χ2v) is 5.10. The molecular weight excluding hydrogens is 312 g/mol. The predicted octanol–water partition coefficient (Wildman–Crippen LogP) is 2.31. The zero-order chi connectivity index (χ0) is 17.5. The second-order valence-electron chi connectivity index (χ2n) is 5.10. The van der Waals surface area contributed by atoms with E-state index in [4.69, 9.17) is 14.3 Å². The molecule has 1 aromatic heterocycles. The SMILES string of the molecule is Cc1cc(O)c(C(=O)C=Cc2cccc(OCCCO)c2)c(=O)o1. The third kappa shape index (κ3) is 4.57. The highest BCUT2D eigenvalue weighted by molar-refractivity contribution is 6.08. The summed E-state index contributed by atoms with van der Waals surface area (Å²) in [5, 5.41) is 18.5. The van der Waals surface area contributed by atoms with Gasteiger partial charge in [0.25, 0.3) is 0 Å². The molecule has 2 rings (SSSR count). The summed E-state index contributed by atoms with van der Waals surface area (Å²) in [6.07, 6.45) is 3.23. The number of allylic oxidation sites excluding steroid dienone is 1. The van der Waals surface area contributed by atoms with Crippen molar-refractivity contribution < 1.29 is 24.2 Å². The highest BCUT2D eigenvalue weighted by Gasteiger charge is 2.15. The Kier molecular flexibility index (Phi) is 5.92. The highest BCUT2D eigenvalue weighted by Crippen LogP contribution is 2.17. The van der Waals surface area contributed by atoms with E-state index in [-0.39, 0.29) is 12.4 Å². The fourth-order valence-corrected chi connectivity index (χ4v) is 2.04.